The Morgan fingerprint density at radius 3 is 2.47 bits per heavy atom. The first-order chi connectivity index (χ1) is 9.15. The molecular weight excluding hydrogens is 368 g/mol. The fourth-order valence-corrected chi connectivity index (χ4v) is 4.40. The van der Waals surface area contributed by atoms with Gasteiger partial charge >= 0.3 is 0 Å². The van der Waals surface area contributed by atoms with Crippen LogP contribution in [0.25, 0.3) is 0 Å². The molecule has 2 atom stereocenters. The first-order valence-electron chi connectivity index (χ1n) is 7.59. The summed E-state index contributed by atoms with van der Waals surface area (Å²) in [4.78, 5) is 12.0. The highest BCUT2D eigenvalue weighted by Gasteiger charge is 2.32. The van der Waals surface area contributed by atoms with Crippen LogP contribution in [0.2, 0.25) is 0 Å². The van der Waals surface area contributed by atoms with Crippen LogP contribution in [0.4, 0.5) is 0 Å². The molecule has 0 spiro atoms. The molecule has 19 heavy (non-hydrogen) atoms. The van der Waals surface area contributed by atoms with E-state index >= 15 is 0 Å². The molecule has 0 heterocycles. The molecule has 1 saturated carbocycles. The number of hydrogen-bond acceptors (Lipinski definition) is 1. The van der Waals surface area contributed by atoms with E-state index in [9.17, 15) is 4.79 Å². The van der Waals surface area contributed by atoms with E-state index in [4.69, 9.17) is 0 Å². The summed E-state index contributed by atoms with van der Waals surface area (Å²) in [7, 11) is 0. The van der Waals surface area contributed by atoms with Crippen molar-refractivity contribution in [3.05, 3.63) is 11.1 Å². The second kappa shape index (κ2) is 9.33. The van der Waals surface area contributed by atoms with Gasteiger partial charge in [-0.05, 0) is 38.0 Å². The van der Waals surface area contributed by atoms with Crippen LogP contribution in [-0.4, -0.2) is 15.9 Å². The fraction of sp³-hybridized carbons (Fsp3) is 0.812. The van der Waals surface area contributed by atoms with Gasteiger partial charge in [0, 0.05) is 11.8 Å². The predicted octanol–water partition coefficient (Wildman–Crippen LogP) is 5.80. The van der Waals surface area contributed by atoms with Gasteiger partial charge in [0.2, 0.25) is 0 Å². The second-order valence-corrected chi connectivity index (χ2v) is 7.21. The number of alkyl halides is 2. The van der Waals surface area contributed by atoms with E-state index in [0.717, 1.165) is 31.0 Å². The highest BCUT2D eigenvalue weighted by atomic mass is 79.9. The van der Waals surface area contributed by atoms with E-state index in [0.29, 0.717) is 11.7 Å². The summed E-state index contributed by atoms with van der Waals surface area (Å²) in [6.45, 7) is 4.49. The molecule has 0 bridgehead atoms. The first-order valence-corrected chi connectivity index (χ1v) is 9.62. The van der Waals surface area contributed by atoms with Crippen LogP contribution in [0.1, 0.15) is 65.2 Å². The third-order valence-electron chi connectivity index (χ3n) is 3.97. The molecule has 1 aliphatic carbocycles. The maximum atomic E-state index is 12.0. The van der Waals surface area contributed by atoms with Crippen LogP contribution < -0.4 is 0 Å². The van der Waals surface area contributed by atoms with E-state index < -0.39 is 0 Å². The van der Waals surface area contributed by atoms with Gasteiger partial charge in [-0.3, -0.25) is 4.79 Å². The lowest BCUT2D eigenvalue weighted by atomic mass is 9.78. The van der Waals surface area contributed by atoms with Crippen molar-refractivity contribution in [2.75, 3.05) is 5.33 Å². The normalized spacial score (nSPS) is 25.4. The van der Waals surface area contributed by atoms with E-state index in [1.165, 1.54) is 25.7 Å². The summed E-state index contributed by atoms with van der Waals surface area (Å²) in [5, 5.41) is 1.03. The summed E-state index contributed by atoms with van der Waals surface area (Å²) in [6, 6.07) is 0. The Labute approximate surface area is 134 Å². The van der Waals surface area contributed by atoms with Crippen molar-refractivity contribution in [1.29, 1.82) is 0 Å². The smallest absolute Gasteiger partial charge is 0.147 e. The quantitative estimate of drug-likeness (QED) is 0.394. The van der Waals surface area contributed by atoms with Crippen molar-refractivity contribution in [1.82, 2.24) is 0 Å². The molecule has 1 fully saturated rings. The Hall–Kier alpha value is 0.370. The van der Waals surface area contributed by atoms with E-state index in [2.05, 4.69) is 45.7 Å². The summed E-state index contributed by atoms with van der Waals surface area (Å²) in [6.07, 6.45) is 8.84. The Morgan fingerprint density at radius 1 is 1.21 bits per heavy atom. The van der Waals surface area contributed by atoms with Crippen molar-refractivity contribution in [3.63, 3.8) is 0 Å². The molecule has 0 aliphatic heterocycles. The lowest BCUT2D eigenvalue weighted by molar-refractivity contribution is -0.120. The molecular formula is C16H26Br2O. The monoisotopic (exact) mass is 392 g/mol. The minimum atomic E-state index is 0.0602. The molecule has 110 valence electrons. The predicted molar refractivity (Wildman–Crippen MR) is 90.3 cm³/mol. The van der Waals surface area contributed by atoms with E-state index in [1.807, 2.05) is 0 Å². The van der Waals surface area contributed by atoms with Gasteiger partial charge in [-0.2, -0.15) is 0 Å². The van der Waals surface area contributed by atoms with Gasteiger partial charge in [-0.15, -0.1) is 0 Å². The van der Waals surface area contributed by atoms with Gasteiger partial charge in [-0.1, -0.05) is 69.7 Å². The molecule has 1 aliphatic rings. The SMILES string of the molecule is CCC/C(CCBr)=C(\CCC)[C@@H]1CCCC(=O)[C@H]1Br. The number of Topliss-reactive ketones (excluding diaryl/α,β-unsaturated/α-hetero) is 1. The van der Waals surface area contributed by atoms with E-state index in [1.54, 1.807) is 11.1 Å². The van der Waals surface area contributed by atoms with Gasteiger partial charge in [0.05, 0.1) is 4.83 Å². The van der Waals surface area contributed by atoms with E-state index in [-0.39, 0.29) is 4.83 Å². The maximum absolute atomic E-state index is 12.0. The molecule has 3 heteroatoms. The zero-order chi connectivity index (χ0) is 14.3. The molecule has 0 amide bonds. The molecule has 0 unspecified atom stereocenters. The third kappa shape index (κ3) is 5.00. The number of carbonyl (C=O) groups excluding carboxylic acids is 1. The zero-order valence-corrected chi connectivity index (χ0v) is 15.4. The number of carbonyl (C=O) groups is 1. The third-order valence-corrected chi connectivity index (χ3v) is 5.51. The van der Waals surface area contributed by atoms with Crippen molar-refractivity contribution in [2.24, 2.45) is 5.92 Å². The Morgan fingerprint density at radius 2 is 1.89 bits per heavy atom. The van der Waals surface area contributed by atoms with Crippen molar-refractivity contribution in [3.8, 4) is 0 Å². The van der Waals surface area contributed by atoms with Crippen LogP contribution in [0.3, 0.4) is 0 Å². The van der Waals surface area contributed by atoms with Crippen molar-refractivity contribution in [2.45, 2.75) is 70.0 Å². The number of rotatable bonds is 7. The number of allylic oxidation sites excluding steroid dienone is 2. The average molecular weight is 394 g/mol. The Kier molecular flexibility index (Phi) is 8.56. The second-order valence-electron chi connectivity index (χ2n) is 5.43. The summed E-state index contributed by atoms with van der Waals surface area (Å²) in [5.41, 5.74) is 3.18. The fourth-order valence-electron chi connectivity index (χ4n) is 3.11. The van der Waals surface area contributed by atoms with Crippen molar-refractivity contribution >= 4 is 37.6 Å². The largest absolute Gasteiger partial charge is 0.298 e. The molecule has 0 aromatic rings. The first kappa shape index (κ1) is 17.4. The topological polar surface area (TPSA) is 17.1 Å². The Balaban J connectivity index is 3.01. The standard InChI is InChI=1S/C16H26Br2O/c1-3-6-12(10-11-17)13(7-4-2)14-8-5-9-15(19)16(14)18/h14,16H,3-11H2,1-2H3/b13-12-/t14-,16-/m0/s1. The van der Waals surface area contributed by atoms with Crippen LogP contribution in [0, 0.1) is 5.92 Å². The maximum Gasteiger partial charge on any atom is 0.147 e. The lowest BCUT2D eigenvalue weighted by Crippen LogP contribution is -2.30. The molecule has 0 N–H and O–H groups in total. The highest BCUT2D eigenvalue weighted by molar-refractivity contribution is 9.10. The summed E-state index contributed by atoms with van der Waals surface area (Å²) in [5.74, 6) is 0.848. The minimum absolute atomic E-state index is 0.0602. The molecule has 0 aromatic heterocycles. The van der Waals surface area contributed by atoms with Crippen LogP contribution in [-0.2, 0) is 4.79 Å². The average Bonchev–Trinajstić information content (AvgIpc) is 2.40. The highest BCUT2D eigenvalue weighted by Crippen LogP contribution is 2.38. The summed E-state index contributed by atoms with van der Waals surface area (Å²) < 4.78 is 0. The van der Waals surface area contributed by atoms with Gasteiger partial charge in [-0.25, -0.2) is 0 Å². The molecule has 0 saturated heterocycles. The Bertz CT molecular complexity index is 315. The van der Waals surface area contributed by atoms with Gasteiger partial charge < -0.3 is 0 Å². The lowest BCUT2D eigenvalue weighted by Gasteiger charge is -2.31. The van der Waals surface area contributed by atoms with Crippen LogP contribution in [0.5, 0.6) is 0 Å². The molecule has 0 aromatic carbocycles. The molecule has 0 radical (unpaired) electrons. The van der Waals surface area contributed by atoms with Gasteiger partial charge in [0.15, 0.2) is 0 Å². The zero-order valence-electron chi connectivity index (χ0n) is 12.2. The molecule has 1 nitrogen and oxygen atoms in total. The molecule has 1 rings (SSSR count). The van der Waals surface area contributed by atoms with Crippen LogP contribution >= 0.6 is 31.9 Å². The summed E-state index contributed by atoms with van der Waals surface area (Å²) >= 11 is 7.24. The van der Waals surface area contributed by atoms with Crippen molar-refractivity contribution < 1.29 is 4.79 Å². The van der Waals surface area contributed by atoms with Gasteiger partial charge in [0.1, 0.15) is 5.78 Å². The van der Waals surface area contributed by atoms with Gasteiger partial charge in [0.25, 0.3) is 0 Å². The number of ketones is 1. The number of halogens is 2. The number of hydrogen-bond donors (Lipinski definition) is 0. The van der Waals surface area contributed by atoms with Crippen LogP contribution in [0.15, 0.2) is 11.1 Å². The minimum Gasteiger partial charge on any atom is -0.298 e.